The third-order valence-corrected chi connectivity index (χ3v) is 3.06. The molecule has 0 aliphatic carbocycles. The van der Waals surface area contributed by atoms with Gasteiger partial charge in [0.05, 0.1) is 11.6 Å². The number of nitrogens with zero attached hydrogens (tertiary/aromatic N) is 2. The summed E-state index contributed by atoms with van der Waals surface area (Å²) in [5.41, 5.74) is 0.808. The fourth-order valence-electron chi connectivity index (χ4n) is 1.86. The van der Waals surface area contributed by atoms with E-state index in [0.29, 0.717) is 36.2 Å². The van der Waals surface area contributed by atoms with E-state index in [2.05, 4.69) is 29.5 Å². The first-order chi connectivity index (χ1) is 11.1. The SMILES string of the molecule is CN=C(NCCCOCC(C)C)NCc1ccc(C#N)cc1F.I. The third kappa shape index (κ3) is 9.03. The molecule has 7 heteroatoms. The van der Waals surface area contributed by atoms with Gasteiger partial charge in [-0.15, -0.1) is 24.0 Å². The third-order valence-electron chi connectivity index (χ3n) is 3.06. The van der Waals surface area contributed by atoms with Crippen LogP contribution in [0.3, 0.4) is 0 Å². The molecule has 0 saturated carbocycles. The summed E-state index contributed by atoms with van der Waals surface area (Å²) in [5.74, 6) is 0.756. The van der Waals surface area contributed by atoms with Crippen LogP contribution in [0.25, 0.3) is 0 Å². The highest BCUT2D eigenvalue weighted by Crippen LogP contribution is 2.09. The van der Waals surface area contributed by atoms with Gasteiger partial charge in [-0.3, -0.25) is 4.99 Å². The minimum atomic E-state index is -0.394. The van der Waals surface area contributed by atoms with Gasteiger partial charge >= 0.3 is 0 Å². The molecular weight excluding hydrogens is 422 g/mol. The zero-order valence-corrected chi connectivity index (χ0v) is 16.8. The van der Waals surface area contributed by atoms with Gasteiger partial charge in [0.25, 0.3) is 0 Å². The summed E-state index contributed by atoms with van der Waals surface area (Å²) in [7, 11) is 1.67. The Morgan fingerprint density at radius 3 is 2.71 bits per heavy atom. The van der Waals surface area contributed by atoms with E-state index in [0.717, 1.165) is 19.6 Å². The number of hydrogen-bond donors (Lipinski definition) is 2. The van der Waals surface area contributed by atoms with E-state index in [-0.39, 0.29) is 24.0 Å². The van der Waals surface area contributed by atoms with Crippen molar-refractivity contribution < 1.29 is 9.13 Å². The summed E-state index contributed by atoms with van der Waals surface area (Å²) >= 11 is 0. The van der Waals surface area contributed by atoms with Crippen molar-refractivity contribution in [1.29, 1.82) is 5.26 Å². The van der Waals surface area contributed by atoms with Gasteiger partial charge in [0.2, 0.25) is 0 Å². The number of guanidine groups is 1. The molecule has 0 atom stereocenters. The molecule has 0 aliphatic heterocycles. The fourth-order valence-corrected chi connectivity index (χ4v) is 1.86. The van der Waals surface area contributed by atoms with Crippen molar-refractivity contribution in [3.63, 3.8) is 0 Å². The molecule has 0 aliphatic rings. The van der Waals surface area contributed by atoms with E-state index in [1.165, 1.54) is 6.07 Å². The number of rotatable bonds is 8. The Hall–Kier alpha value is -1.40. The van der Waals surface area contributed by atoms with Gasteiger partial charge in [0.15, 0.2) is 5.96 Å². The predicted molar refractivity (Wildman–Crippen MR) is 105 cm³/mol. The lowest BCUT2D eigenvalue weighted by molar-refractivity contribution is 0.108. The summed E-state index contributed by atoms with van der Waals surface area (Å²) in [4.78, 5) is 4.09. The molecule has 0 heterocycles. The van der Waals surface area contributed by atoms with Gasteiger partial charge in [-0.05, 0) is 24.5 Å². The van der Waals surface area contributed by atoms with E-state index in [9.17, 15) is 4.39 Å². The van der Waals surface area contributed by atoms with Crippen molar-refractivity contribution in [1.82, 2.24) is 10.6 Å². The van der Waals surface area contributed by atoms with Crippen LogP contribution in [-0.4, -0.2) is 32.8 Å². The average Bonchev–Trinajstić information content (AvgIpc) is 2.54. The monoisotopic (exact) mass is 448 g/mol. The van der Waals surface area contributed by atoms with Gasteiger partial charge in [0.1, 0.15) is 5.82 Å². The number of hydrogen-bond acceptors (Lipinski definition) is 3. The zero-order valence-electron chi connectivity index (χ0n) is 14.4. The zero-order chi connectivity index (χ0) is 17.1. The lowest BCUT2D eigenvalue weighted by Gasteiger charge is -2.13. The maximum Gasteiger partial charge on any atom is 0.191 e. The first-order valence-electron chi connectivity index (χ1n) is 7.77. The van der Waals surface area contributed by atoms with Crippen LogP contribution in [0.5, 0.6) is 0 Å². The Kier molecular flexibility index (Phi) is 12.2. The summed E-state index contributed by atoms with van der Waals surface area (Å²) in [6, 6.07) is 6.35. The smallest absolute Gasteiger partial charge is 0.191 e. The van der Waals surface area contributed by atoms with Crippen molar-refractivity contribution in [3.8, 4) is 6.07 Å². The number of nitriles is 1. The molecule has 2 N–H and O–H groups in total. The first-order valence-corrected chi connectivity index (χ1v) is 7.77. The minimum absolute atomic E-state index is 0. The predicted octanol–water partition coefficient (Wildman–Crippen LogP) is 3.04. The fraction of sp³-hybridized carbons (Fsp3) is 0.529. The Labute approximate surface area is 160 Å². The molecule has 0 bridgehead atoms. The van der Waals surface area contributed by atoms with Crippen LogP contribution in [0, 0.1) is 23.1 Å². The summed E-state index contributed by atoms with van der Waals surface area (Å²) in [5, 5.41) is 14.9. The van der Waals surface area contributed by atoms with Gasteiger partial charge in [-0.25, -0.2) is 4.39 Å². The second kappa shape index (κ2) is 13.0. The second-order valence-corrected chi connectivity index (χ2v) is 5.59. The standard InChI is InChI=1S/C17H25FN4O.HI/c1-13(2)12-23-8-4-7-21-17(20-3)22-11-15-6-5-14(10-19)9-16(15)18;/h5-6,9,13H,4,7-8,11-12H2,1-3H3,(H2,20,21,22);1H. The Morgan fingerprint density at radius 1 is 1.38 bits per heavy atom. The molecule has 24 heavy (non-hydrogen) atoms. The largest absolute Gasteiger partial charge is 0.381 e. The number of aliphatic imine (C=N–C) groups is 1. The van der Waals surface area contributed by atoms with Crippen LogP contribution in [0.2, 0.25) is 0 Å². The first kappa shape index (κ1) is 22.6. The number of ether oxygens (including phenoxy) is 1. The molecule has 0 saturated heterocycles. The molecule has 1 rings (SSSR count). The van der Waals surface area contributed by atoms with Crippen LogP contribution in [-0.2, 0) is 11.3 Å². The van der Waals surface area contributed by atoms with Crippen LogP contribution < -0.4 is 10.6 Å². The highest BCUT2D eigenvalue weighted by molar-refractivity contribution is 14.0. The van der Waals surface area contributed by atoms with Crippen molar-refractivity contribution in [2.45, 2.75) is 26.8 Å². The van der Waals surface area contributed by atoms with Crippen molar-refractivity contribution >= 4 is 29.9 Å². The maximum absolute atomic E-state index is 13.8. The Morgan fingerprint density at radius 2 is 2.12 bits per heavy atom. The van der Waals surface area contributed by atoms with Crippen LogP contribution in [0.1, 0.15) is 31.4 Å². The average molecular weight is 448 g/mol. The Bertz CT molecular complexity index is 558. The summed E-state index contributed by atoms with van der Waals surface area (Å²) in [6.07, 6.45) is 0.874. The number of halogens is 2. The summed E-state index contributed by atoms with van der Waals surface area (Å²) in [6.45, 7) is 6.74. The van der Waals surface area contributed by atoms with Crippen molar-refractivity contribution in [3.05, 3.63) is 35.1 Å². The minimum Gasteiger partial charge on any atom is -0.381 e. The van der Waals surface area contributed by atoms with Crippen LogP contribution >= 0.6 is 24.0 Å². The Balaban J connectivity index is 0.00000529. The number of benzene rings is 1. The molecule has 0 radical (unpaired) electrons. The molecule has 0 fully saturated rings. The molecule has 1 aromatic carbocycles. The van der Waals surface area contributed by atoms with E-state index >= 15 is 0 Å². The quantitative estimate of drug-likeness (QED) is 0.278. The molecule has 0 amide bonds. The lowest BCUT2D eigenvalue weighted by Crippen LogP contribution is -2.37. The van der Waals surface area contributed by atoms with Gasteiger partial charge in [-0.1, -0.05) is 19.9 Å². The molecule has 0 unspecified atom stereocenters. The molecular formula is C17H26FIN4O. The topological polar surface area (TPSA) is 69.4 Å². The maximum atomic E-state index is 13.8. The molecule has 0 spiro atoms. The number of nitrogens with one attached hydrogen (secondary N) is 2. The van der Waals surface area contributed by atoms with Crippen LogP contribution in [0.15, 0.2) is 23.2 Å². The second-order valence-electron chi connectivity index (χ2n) is 5.59. The molecule has 1 aromatic rings. The van der Waals surface area contributed by atoms with Gasteiger partial charge < -0.3 is 15.4 Å². The highest BCUT2D eigenvalue weighted by Gasteiger charge is 2.05. The molecule has 134 valence electrons. The van der Waals surface area contributed by atoms with Crippen LogP contribution in [0.4, 0.5) is 4.39 Å². The van der Waals surface area contributed by atoms with Gasteiger partial charge in [0, 0.05) is 38.9 Å². The summed E-state index contributed by atoms with van der Waals surface area (Å²) < 4.78 is 19.3. The van der Waals surface area contributed by atoms with E-state index in [4.69, 9.17) is 10.00 Å². The molecule has 5 nitrogen and oxygen atoms in total. The van der Waals surface area contributed by atoms with E-state index < -0.39 is 5.82 Å². The lowest BCUT2D eigenvalue weighted by atomic mass is 10.1. The highest BCUT2D eigenvalue weighted by atomic mass is 127. The molecule has 0 aromatic heterocycles. The van der Waals surface area contributed by atoms with Crippen molar-refractivity contribution in [2.24, 2.45) is 10.9 Å². The normalized spacial score (nSPS) is 10.9. The van der Waals surface area contributed by atoms with Gasteiger partial charge in [-0.2, -0.15) is 5.26 Å². The van der Waals surface area contributed by atoms with Crippen molar-refractivity contribution in [2.75, 3.05) is 26.8 Å². The van der Waals surface area contributed by atoms with E-state index in [1.807, 2.05) is 6.07 Å². The van der Waals surface area contributed by atoms with E-state index in [1.54, 1.807) is 19.2 Å².